The summed E-state index contributed by atoms with van der Waals surface area (Å²) >= 11 is 4.02. The molecule has 0 aliphatic carbocycles. The Balaban J connectivity index is 0.000000222. The van der Waals surface area contributed by atoms with Gasteiger partial charge in [0.05, 0.1) is 154 Å². The molecule has 10 aromatic rings. The summed E-state index contributed by atoms with van der Waals surface area (Å²) in [5.41, 5.74) is 4.41. The lowest BCUT2D eigenvalue weighted by atomic mass is 10.1. The van der Waals surface area contributed by atoms with Gasteiger partial charge in [0, 0.05) is 155 Å². The molecular formula is C84H117N19O16S3. The third-order valence-electron chi connectivity index (χ3n) is 18.5. The average molecular weight is 1750 g/mol. The van der Waals surface area contributed by atoms with Gasteiger partial charge in [0.25, 0.3) is 0 Å². The molecule has 0 unspecified atom stereocenters. The van der Waals surface area contributed by atoms with Gasteiger partial charge in [0.1, 0.15) is 42.5 Å². The number of aromatic carboxylic acids is 1. The van der Waals surface area contributed by atoms with Gasteiger partial charge in [-0.3, -0.25) is 19.6 Å². The van der Waals surface area contributed by atoms with Crippen LogP contribution in [0, 0.1) is 18.3 Å². The number of carbonyl (C=O) groups excluding carboxylic acids is 1. The molecule has 35 nitrogen and oxygen atoms in total. The molecule has 4 aromatic carbocycles. The number of thiazole rings is 3. The summed E-state index contributed by atoms with van der Waals surface area (Å²) in [5.74, 6) is 5.16. The number of esters is 1. The highest BCUT2D eigenvalue weighted by atomic mass is 32.1. The molecule has 4 aliphatic heterocycles. The number of nitriles is 1. The van der Waals surface area contributed by atoms with E-state index in [2.05, 4.69) is 91.5 Å². The number of carboxylic acid groups (broad SMARTS) is 1. The number of aryl methyl sites for hydroxylation is 1. The Hall–Kier alpha value is -10.8. The van der Waals surface area contributed by atoms with Crippen LogP contribution in [0.4, 0.5) is 38.5 Å². The maximum Gasteiger partial charge on any atom is 0.357 e. The van der Waals surface area contributed by atoms with Crippen LogP contribution in [0.3, 0.4) is 0 Å². The second kappa shape index (κ2) is 51.8. The van der Waals surface area contributed by atoms with Crippen LogP contribution in [0.5, 0.6) is 46.0 Å². The first-order valence-electron chi connectivity index (χ1n) is 38.8. The van der Waals surface area contributed by atoms with Gasteiger partial charge in [-0.2, -0.15) is 5.26 Å². The standard InChI is InChI=1S/C22H27N5O5S.C20H23N5O5S.C20H25N5O3S.C18H26N4O3.4CH4/c1-3-31-21(28)17-13-33-22(25-17)26-20-15-11-18(29-2)19(12-16(15)23-14-24-20)32-8-4-5-27-6-9-30-10-7-27;1-28-16-9-13-14(10-17(16)30-6-2-3-25-4-7-29-8-5-25)21-12-22-18(13)24-20-23-15(11-31-20)19(26)27;1-14-12-29-20(23-14)24-19-15-10-17(26-2)18(11-16(15)21-13-22-19)28-7-3-4-25-5-8-27-9-6-25;1-21(2)14-20-16-12-18(17(23-3)11-15(16)13-19)25-8-4-5-22-6-9-24-10-7-22;;;;/h11-14H,3-10H2,1-2H3,(H,23,24,25,26);9-12H,2-8H2,1H3,(H,26,27)(H,21,22,23,24);10-13H,3-9H2,1-2H3,(H,21,22,23,24);11-12,14H,4-10H2,1-3H3;4*1H4. The lowest BCUT2D eigenvalue weighted by molar-refractivity contribution is 0.0357. The first kappa shape index (κ1) is 98.3. The molecule has 0 bridgehead atoms. The van der Waals surface area contributed by atoms with Crippen LogP contribution >= 0.6 is 34.0 Å². The van der Waals surface area contributed by atoms with Crippen LogP contribution in [0.15, 0.2) is 88.6 Å². The monoisotopic (exact) mass is 1740 g/mol. The molecule has 10 heterocycles. The number of aromatic nitrogens is 9. The Labute approximate surface area is 725 Å². The third-order valence-corrected chi connectivity index (χ3v) is 20.9. The van der Waals surface area contributed by atoms with E-state index in [1.54, 1.807) is 82.9 Å². The zero-order valence-corrected chi connectivity index (χ0v) is 70.1. The lowest BCUT2D eigenvalue weighted by Crippen LogP contribution is -2.37. The van der Waals surface area contributed by atoms with Crippen molar-refractivity contribution in [1.82, 2.24) is 69.4 Å². The number of fused-ring (bicyclic) bond motifs is 3. The predicted molar refractivity (Wildman–Crippen MR) is 478 cm³/mol. The van der Waals surface area contributed by atoms with E-state index in [9.17, 15) is 14.9 Å². The number of carbonyl (C=O) groups is 2. The molecule has 0 saturated carbocycles. The van der Waals surface area contributed by atoms with Gasteiger partial charge < -0.3 is 87.5 Å². The van der Waals surface area contributed by atoms with Gasteiger partial charge in [-0.05, 0) is 57.7 Å². The van der Waals surface area contributed by atoms with Crippen molar-refractivity contribution in [3.63, 3.8) is 0 Å². The maximum absolute atomic E-state index is 11.9. The highest BCUT2D eigenvalue weighted by Gasteiger charge is 2.22. The van der Waals surface area contributed by atoms with Crippen LogP contribution in [0.2, 0.25) is 0 Å². The van der Waals surface area contributed by atoms with Crippen molar-refractivity contribution >= 4 is 124 Å². The largest absolute Gasteiger partial charge is 0.493 e. The number of rotatable bonds is 35. The summed E-state index contributed by atoms with van der Waals surface area (Å²) in [5, 5.41) is 37.0. The smallest absolute Gasteiger partial charge is 0.357 e. The Morgan fingerprint density at radius 3 is 1.15 bits per heavy atom. The van der Waals surface area contributed by atoms with E-state index in [-0.39, 0.29) is 41.1 Å². The molecule has 0 spiro atoms. The number of nitrogens with one attached hydrogen (secondary N) is 3. The van der Waals surface area contributed by atoms with Gasteiger partial charge in [0.15, 0.2) is 72.8 Å². The molecule has 4 saturated heterocycles. The summed E-state index contributed by atoms with van der Waals surface area (Å²) in [4.78, 5) is 77.5. The molecule has 4 fully saturated rings. The number of anilines is 6. The van der Waals surface area contributed by atoms with E-state index in [0.29, 0.717) is 134 Å². The van der Waals surface area contributed by atoms with Crippen LogP contribution in [-0.2, 0) is 23.7 Å². The number of methoxy groups -OCH3 is 4. The molecule has 0 radical (unpaired) electrons. The van der Waals surface area contributed by atoms with Gasteiger partial charge >= 0.3 is 11.9 Å². The number of nitrogens with zero attached hydrogens (tertiary/aromatic N) is 16. The molecule has 0 atom stereocenters. The van der Waals surface area contributed by atoms with Crippen LogP contribution in [0.1, 0.15) is 94.5 Å². The van der Waals surface area contributed by atoms with Crippen molar-refractivity contribution in [2.24, 2.45) is 4.99 Å². The second-order valence-electron chi connectivity index (χ2n) is 27.0. The average Bonchev–Trinajstić information content (AvgIpc) is 0.974. The minimum absolute atomic E-state index is 0. The van der Waals surface area contributed by atoms with Crippen LogP contribution in [0.25, 0.3) is 32.7 Å². The van der Waals surface area contributed by atoms with Crippen molar-refractivity contribution in [3.05, 3.63) is 106 Å². The van der Waals surface area contributed by atoms with Crippen molar-refractivity contribution in [2.75, 3.05) is 223 Å². The zero-order valence-electron chi connectivity index (χ0n) is 67.6. The first-order chi connectivity index (χ1) is 57.7. The number of benzene rings is 4. The minimum atomic E-state index is -1.08. The number of carboxylic acids is 1. The van der Waals surface area contributed by atoms with E-state index in [1.165, 1.54) is 40.7 Å². The quantitative estimate of drug-likeness (QED) is 0.0124. The van der Waals surface area contributed by atoms with Crippen LogP contribution < -0.4 is 53.8 Å². The molecule has 0 amide bonds. The highest BCUT2D eigenvalue weighted by Crippen LogP contribution is 2.40. The maximum atomic E-state index is 11.9. The number of ether oxygens (including phenoxy) is 13. The van der Waals surface area contributed by atoms with E-state index in [0.717, 1.165) is 184 Å². The van der Waals surface area contributed by atoms with E-state index in [1.807, 2.05) is 61.6 Å². The highest BCUT2D eigenvalue weighted by molar-refractivity contribution is 7.14. The second-order valence-corrected chi connectivity index (χ2v) is 29.5. The van der Waals surface area contributed by atoms with Crippen molar-refractivity contribution in [1.29, 1.82) is 5.26 Å². The first-order valence-corrected chi connectivity index (χ1v) is 41.4. The van der Waals surface area contributed by atoms with Crippen molar-refractivity contribution in [3.8, 4) is 52.1 Å². The number of hydrogen-bond acceptors (Lipinski definition) is 36. The van der Waals surface area contributed by atoms with E-state index < -0.39 is 11.9 Å². The van der Waals surface area contributed by atoms with Crippen molar-refractivity contribution in [2.45, 2.75) is 69.2 Å². The molecule has 14 rings (SSSR count). The van der Waals surface area contributed by atoms with E-state index >= 15 is 0 Å². The van der Waals surface area contributed by atoms with Gasteiger partial charge in [-0.1, -0.05) is 29.7 Å². The Bertz CT molecular complexity index is 4920. The van der Waals surface area contributed by atoms with E-state index in [4.69, 9.17) is 66.7 Å². The Morgan fingerprint density at radius 2 is 0.828 bits per heavy atom. The molecule has 38 heteroatoms. The van der Waals surface area contributed by atoms with Gasteiger partial charge in [0.2, 0.25) is 0 Å². The number of morpholine rings is 4. The number of hydrogen-bond donors (Lipinski definition) is 4. The SMILES string of the molecule is C.C.C.C.CCOC(=O)c1csc(Nc2ncnc3cc(OCCCN4CCOCC4)c(OC)cc23)n1.COc1cc(C#N)c(N=CN(C)C)cc1OCCCN1CCOCC1.COc1cc2c(Nc3nc(C(=O)O)cs3)ncnc2cc1OCCCN1CCOCC1.COc1cc2c(Nc3nc(C)cs3)ncnc2cc1OCCCN1CCOCC1. The third kappa shape index (κ3) is 29.5. The molecule has 4 aliphatic rings. The minimum Gasteiger partial charge on any atom is -0.493 e. The van der Waals surface area contributed by atoms with Gasteiger partial charge in [-0.15, -0.1) is 34.0 Å². The molecule has 6 aromatic heterocycles. The summed E-state index contributed by atoms with van der Waals surface area (Å²) in [6, 6.07) is 16.7. The molecule has 662 valence electrons. The fourth-order valence-electron chi connectivity index (χ4n) is 12.5. The number of aliphatic imine (C=N–C) groups is 1. The topological polar surface area (TPSA) is 379 Å². The van der Waals surface area contributed by atoms with Crippen LogP contribution in [-0.4, -0.2) is 300 Å². The fourth-order valence-corrected chi connectivity index (χ4v) is 14.5. The fraction of sp³-hybridized carbons (Fsp3) is 0.488. The predicted octanol–water partition coefficient (Wildman–Crippen LogP) is 13.4. The molecular weight excluding hydrogens is 1630 g/mol. The summed E-state index contributed by atoms with van der Waals surface area (Å²) in [7, 11) is 10.1. The lowest BCUT2D eigenvalue weighted by Gasteiger charge is -2.26. The Kier molecular flexibility index (Phi) is 41.8. The molecule has 4 N–H and O–H groups in total. The van der Waals surface area contributed by atoms with Gasteiger partial charge in [-0.25, -0.2) is 59.4 Å². The molecule has 122 heavy (non-hydrogen) atoms. The zero-order chi connectivity index (χ0) is 82.8. The summed E-state index contributed by atoms with van der Waals surface area (Å²) in [6.45, 7) is 24.4. The Morgan fingerprint density at radius 1 is 0.492 bits per heavy atom. The normalized spacial score (nSPS) is 14.2. The van der Waals surface area contributed by atoms with Crippen molar-refractivity contribution < 1.29 is 76.3 Å². The summed E-state index contributed by atoms with van der Waals surface area (Å²) < 4.78 is 72.4. The summed E-state index contributed by atoms with van der Waals surface area (Å²) in [6.07, 6.45) is 9.77.